The van der Waals surface area contributed by atoms with Crippen molar-refractivity contribution in [3.8, 4) is 0 Å². The summed E-state index contributed by atoms with van der Waals surface area (Å²) in [6.07, 6.45) is -1.31. The molecule has 1 aliphatic rings. The molecule has 11 heteroatoms. The minimum atomic E-state index is -4.52. The van der Waals surface area contributed by atoms with Gasteiger partial charge in [-0.15, -0.1) is 12.4 Å². The molecule has 0 radical (unpaired) electrons. The van der Waals surface area contributed by atoms with E-state index in [0.717, 1.165) is 12.1 Å². The zero-order valence-electron chi connectivity index (χ0n) is 16.4. The normalized spacial score (nSPS) is 14.4. The number of halogens is 5. The predicted molar refractivity (Wildman–Crippen MR) is 114 cm³/mol. The highest BCUT2D eigenvalue weighted by Crippen LogP contribution is 2.35. The Morgan fingerprint density at radius 2 is 1.94 bits per heavy atom. The van der Waals surface area contributed by atoms with Crippen molar-refractivity contribution in [1.29, 1.82) is 0 Å². The molecular formula is C20H19Cl2F3N4O2. The molecule has 1 saturated heterocycles. The summed E-state index contributed by atoms with van der Waals surface area (Å²) < 4.78 is 46.4. The fraction of sp³-hybridized carbons (Fsp3) is 0.300. The second kappa shape index (κ2) is 8.94. The number of morpholine rings is 1. The smallest absolute Gasteiger partial charge is 0.378 e. The maximum Gasteiger partial charge on any atom is 0.416 e. The maximum absolute atomic E-state index is 13.1. The number of hydrogen-bond donors (Lipinski definition) is 1. The van der Waals surface area contributed by atoms with E-state index in [9.17, 15) is 18.0 Å². The molecule has 1 aliphatic heterocycles. The Morgan fingerprint density at radius 3 is 2.61 bits per heavy atom. The van der Waals surface area contributed by atoms with Crippen LogP contribution in [0.1, 0.15) is 15.9 Å². The zero-order valence-corrected chi connectivity index (χ0v) is 17.9. The third-order valence-electron chi connectivity index (χ3n) is 4.92. The molecule has 3 heterocycles. The van der Waals surface area contributed by atoms with Crippen LogP contribution in [-0.4, -0.2) is 46.7 Å². The summed E-state index contributed by atoms with van der Waals surface area (Å²) in [6.45, 7) is 1.94. The monoisotopic (exact) mass is 474 g/mol. The number of alkyl halides is 3. The highest BCUT2D eigenvalue weighted by molar-refractivity contribution is 6.31. The molecule has 1 aromatic carbocycles. The minimum absolute atomic E-state index is 0. The lowest BCUT2D eigenvalue weighted by molar-refractivity contribution is -0.137. The molecule has 0 spiro atoms. The number of amides is 1. The van der Waals surface area contributed by atoms with Gasteiger partial charge in [-0.25, -0.2) is 4.98 Å². The van der Waals surface area contributed by atoms with Crippen LogP contribution in [0, 0.1) is 0 Å². The van der Waals surface area contributed by atoms with Crippen LogP contribution in [0.3, 0.4) is 0 Å². The molecular weight excluding hydrogens is 456 g/mol. The van der Waals surface area contributed by atoms with E-state index >= 15 is 0 Å². The van der Waals surface area contributed by atoms with Gasteiger partial charge in [-0.3, -0.25) is 4.79 Å². The Bertz CT molecular complexity index is 1110. The number of ether oxygens (including phenoxy) is 1. The molecule has 0 saturated carbocycles. The van der Waals surface area contributed by atoms with E-state index in [-0.39, 0.29) is 29.0 Å². The van der Waals surface area contributed by atoms with Crippen LogP contribution in [0.2, 0.25) is 5.02 Å². The van der Waals surface area contributed by atoms with Crippen molar-refractivity contribution in [3.05, 3.63) is 52.8 Å². The van der Waals surface area contributed by atoms with E-state index in [0.29, 0.717) is 48.6 Å². The molecule has 0 atom stereocenters. The van der Waals surface area contributed by atoms with Crippen molar-refractivity contribution in [2.75, 3.05) is 31.6 Å². The van der Waals surface area contributed by atoms with Crippen molar-refractivity contribution < 1.29 is 22.7 Å². The number of anilines is 2. The van der Waals surface area contributed by atoms with Crippen molar-refractivity contribution >= 4 is 52.3 Å². The molecule has 1 fully saturated rings. The summed E-state index contributed by atoms with van der Waals surface area (Å²) in [5.41, 5.74) is 0.356. The van der Waals surface area contributed by atoms with E-state index in [1.807, 2.05) is 0 Å². The van der Waals surface area contributed by atoms with Gasteiger partial charge in [0.05, 0.1) is 29.9 Å². The number of carbonyl (C=O) groups is 1. The lowest BCUT2D eigenvalue weighted by Gasteiger charge is -2.27. The topological polar surface area (TPSA) is 59.4 Å². The van der Waals surface area contributed by atoms with E-state index in [1.165, 1.54) is 12.3 Å². The highest BCUT2D eigenvalue weighted by atomic mass is 35.5. The third kappa shape index (κ3) is 4.73. The number of fused-ring (bicyclic) bond motifs is 1. The lowest BCUT2D eigenvalue weighted by Crippen LogP contribution is -2.40. The molecule has 2 aromatic heterocycles. The Hall–Kier alpha value is -2.49. The van der Waals surface area contributed by atoms with Gasteiger partial charge in [0.25, 0.3) is 5.91 Å². The van der Waals surface area contributed by atoms with Crippen molar-refractivity contribution in [1.82, 2.24) is 14.5 Å². The van der Waals surface area contributed by atoms with Crippen LogP contribution in [0.5, 0.6) is 0 Å². The first-order chi connectivity index (χ1) is 14.2. The van der Waals surface area contributed by atoms with Gasteiger partial charge in [-0.1, -0.05) is 11.6 Å². The number of benzene rings is 1. The molecule has 31 heavy (non-hydrogen) atoms. The molecule has 4 rings (SSSR count). The second-order valence-electron chi connectivity index (χ2n) is 6.97. The molecule has 1 amide bonds. The fourth-order valence-corrected chi connectivity index (χ4v) is 3.71. The number of hydrogen-bond acceptors (Lipinski definition) is 4. The van der Waals surface area contributed by atoms with Gasteiger partial charge in [0.15, 0.2) is 0 Å². The predicted octanol–water partition coefficient (Wildman–Crippen LogP) is 4.88. The molecule has 0 unspecified atom stereocenters. The lowest BCUT2D eigenvalue weighted by atomic mass is 10.1. The summed E-state index contributed by atoms with van der Waals surface area (Å²) in [5.74, 6) is 0.172. The first-order valence-corrected chi connectivity index (χ1v) is 9.57. The van der Waals surface area contributed by atoms with Crippen molar-refractivity contribution in [2.45, 2.75) is 6.18 Å². The van der Waals surface area contributed by atoms with Crippen LogP contribution in [0.4, 0.5) is 24.7 Å². The van der Waals surface area contributed by atoms with Gasteiger partial charge in [0.2, 0.25) is 0 Å². The van der Waals surface area contributed by atoms with Gasteiger partial charge in [0, 0.05) is 48.6 Å². The molecule has 0 bridgehead atoms. The molecule has 1 N–H and O–H groups in total. The number of nitrogens with one attached hydrogen (secondary N) is 1. The quantitative estimate of drug-likeness (QED) is 0.587. The van der Waals surface area contributed by atoms with Crippen molar-refractivity contribution in [3.63, 3.8) is 0 Å². The SMILES string of the molecule is Cl.Cn1ccc2c(Nc3cc(Cl)cc(C(F)(F)F)c3)ncc(C(=O)N3CCOCC3)c21. The number of pyridine rings is 1. The molecule has 6 nitrogen and oxygen atoms in total. The first-order valence-electron chi connectivity index (χ1n) is 9.20. The third-order valence-corrected chi connectivity index (χ3v) is 5.14. The Labute approximate surface area is 187 Å². The molecule has 0 aliphatic carbocycles. The number of nitrogens with zero attached hydrogens (tertiary/aromatic N) is 3. The number of aryl methyl sites for hydroxylation is 1. The summed E-state index contributed by atoms with van der Waals surface area (Å²) in [6, 6.07) is 4.98. The van der Waals surface area contributed by atoms with Gasteiger partial charge in [0.1, 0.15) is 5.82 Å². The van der Waals surface area contributed by atoms with Crippen LogP contribution in [0.25, 0.3) is 10.9 Å². The second-order valence-corrected chi connectivity index (χ2v) is 7.40. The maximum atomic E-state index is 13.1. The van der Waals surface area contributed by atoms with E-state index in [1.54, 1.807) is 28.8 Å². The average Bonchev–Trinajstić information content (AvgIpc) is 3.10. The first kappa shape index (κ1) is 23.2. The Morgan fingerprint density at radius 1 is 1.23 bits per heavy atom. The Balaban J connectivity index is 0.00000272. The fourth-order valence-electron chi connectivity index (χ4n) is 3.47. The van der Waals surface area contributed by atoms with E-state index < -0.39 is 11.7 Å². The van der Waals surface area contributed by atoms with Gasteiger partial charge >= 0.3 is 6.18 Å². The summed E-state index contributed by atoms with van der Waals surface area (Å²) in [7, 11) is 1.79. The average molecular weight is 475 g/mol. The number of aromatic nitrogens is 2. The summed E-state index contributed by atoms with van der Waals surface area (Å²) >= 11 is 5.87. The van der Waals surface area contributed by atoms with Crippen LogP contribution < -0.4 is 5.32 Å². The Kier molecular flexibility index (Phi) is 6.68. The minimum Gasteiger partial charge on any atom is -0.378 e. The van der Waals surface area contributed by atoms with Gasteiger partial charge in [-0.05, 0) is 24.3 Å². The van der Waals surface area contributed by atoms with Gasteiger partial charge in [-0.2, -0.15) is 13.2 Å². The number of carbonyl (C=O) groups excluding carboxylic acids is 1. The van der Waals surface area contributed by atoms with Crippen LogP contribution >= 0.6 is 24.0 Å². The number of rotatable bonds is 3. The molecule has 166 valence electrons. The molecule has 3 aromatic rings. The summed E-state index contributed by atoms with van der Waals surface area (Å²) in [5, 5.41) is 3.48. The summed E-state index contributed by atoms with van der Waals surface area (Å²) in [4.78, 5) is 19.0. The van der Waals surface area contributed by atoms with E-state index in [4.69, 9.17) is 16.3 Å². The zero-order chi connectivity index (χ0) is 21.5. The van der Waals surface area contributed by atoms with E-state index in [2.05, 4.69) is 10.3 Å². The highest BCUT2D eigenvalue weighted by Gasteiger charge is 2.31. The van der Waals surface area contributed by atoms with Crippen LogP contribution in [-0.2, 0) is 18.0 Å². The van der Waals surface area contributed by atoms with Crippen molar-refractivity contribution in [2.24, 2.45) is 7.05 Å². The largest absolute Gasteiger partial charge is 0.416 e. The van der Waals surface area contributed by atoms with Crippen LogP contribution in [0.15, 0.2) is 36.7 Å². The van der Waals surface area contributed by atoms with Gasteiger partial charge < -0.3 is 19.5 Å². The standard InChI is InChI=1S/C20H18ClF3N4O2.ClH/c1-27-3-2-15-17(27)16(19(29)28-4-6-30-7-5-28)11-25-18(15)26-14-9-12(20(22,23)24)8-13(21)10-14;/h2-3,8-11H,4-7H2,1H3,(H,25,26);1H.